The minimum absolute atomic E-state index is 0.667. The van der Waals surface area contributed by atoms with Crippen LogP contribution in [0, 0.1) is 0 Å². The first-order valence-electron chi connectivity index (χ1n) is 7.08. The van der Waals surface area contributed by atoms with Gasteiger partial charge in [-0.2, -0.15) is 0 Å². The Hall–Kier alpha value is -0.440. The van der Waals surface area contributed by atoms with E-state index in [2.05, 4.69) is 0 Å². The summed E-state index contributed by atoms with van der Waals surface area (Å²) in [5.41, 5.74) is 0. The lowest BCUT2D eigenvalue weighted by Gasteiger charge is -2.45. The lowest BCUT2D eigenvalue weighted by molar-refractivity contribution is -0.355. The summed E-state index contributed by atoms with van der Waals surface area (Å²) in [6, 6.07) is 0. The third-order valence-electron chi connectivity index (χ3n) is 3.98. The number of rotatable bonds is 4. The molecule has 0 aromatic heterocycles. The van der Waals surface area contributed by atoms with E-state index in [1.165, 1.54) is 0 Å². The van der Waals surface area contributed by atoms with Crippen LogP contribution >= 0.6 is 0 Å². The van der Waals surface area contributed by atoms with Crippen LogP contribution < -0.4 is 0 Å². The predicted octanol–water partition coefficient (Wildman–Crippen LogP) is -5.40. The van der Waals surface area contributed by atoms with E-state index in [9.17, 15) is 30.6 Å². The van der Waals surface area contributed by atoms with Crippen molar-refractivity contribution in [1.29, 1.82) is 0 Å². The highest BCUT2D eigenvalue weighted by Crippen LogP contribution is 2.28. The van der Waals surface area contributed by atoms with Crippen molar-refractivity contribution < 1.29 is 55.1 Å². The van der Waals surface area contributed by atoms with Gasteiger partial charge in [0.1, 0.15) is 48.8 Å². The van der Waals surface area contributed by atoms with Gasteiger partial charge in [-0.05, 0) is 0 Å². The van der Waals surface area contributed by atoms with Crippen LogP contribution in [-0.4, -0.2) is 115 Å². The highest BCUT2D eigenvalue weighted by molar-refractivity contribution is 4.93. The van der Waals surface area contributed by atoms with Gasteiger partial charge in [-0.15, -0.1) is 0 Å². The van der Waals surface area contributed by atoms with Gasteiger partial charge >= 0.3 is 0 Å². The molecule has 0 spiro atoms. The Morgan fingerprint density at radius 3 is 1.78 bits per heavy atom. The molecule has 0 bridgehead atoms. The summed E-state index contributed by atoms with van der Waals surface area (Å²) < 4.78 is 15.1. The third kappa shape index (κ3) is 3.65. The SMILES string of the molecule is OC[C@H]1OC(O)[C@H](O)[C@@H](O[C@H]2O[C@H](CO)[C@H](O)C(O)[C@H]2O)[C@H]1O. The largest absolute Gasteiger partial charge is 0.394 e. The lowest BCUT2D eigenvalue weighted by atomic mass is 9.97. The molecule has 2 unspecified atom stereocenters. The van der Waals surface area contributed by atoms with Crippen LogP contribution in [-0.2, 0) is 14.2 Å². The van der Waals surface area contributed by atoms with E-state index >= 15 is 0 Å². The first kappa shape index (κ1) is 18.9. The number of hydrogen-bond donors (Lipinski definition) is 8. The molecule has 0 saturated carbocycles. The Kier molecular flexibility index (Phi) is 6.27. The van der Waals surface area contributed by atoms with Crippen molar-refractivity contribution in [3.8, 4) is 0 Å². The van der Waals surface area contributed by atoms with E-state index in [1.54, 1.807) is 0 Å². The van der Waals surface area contributed by atoms with Crippen molar-refractivity contribution in [2.45, 2.75) is 61.4 Å². The molecule has 2 fully saturated rings. The molecule has 136 valence electrons. The summed E-state index contributed by atoms with van der Waals surface area (Å²) in [5, 5.41) is 76.8. The summed E-state index contributed by atoms with van der Waals surface area (Å²) in [7, 11) is 0. The zero-order valence-electron chi connectivity index (χ0n) is 12.0. The quantitative estimate of drug-likeness (QED) is 0.243. The van der Waals surface area contributed by atoms with Crippen molar-refractivity contribution in [1.82, 2.24) is 0 Å². The summed E-state index contributed by atoms with van der Waals surface area (Å²) >= 11 is 0. The van der Waals surface area contributed by atoms with E-state index in [-0.39, 0.29) is 0 Å². The minimum Gasteiger partial charge on any atom is -0.394 e. The molecule has 0 amide bonds. The number of hydrogen-bond acceptors (Lipinski definition) is 11. The molecular formula is C12H22O11. The van der Waals surface area contributed by atoms with E-state index in [4.69, 9.17) is 24.4 Å². The van der Waals surface area contributed by atoms with Crippen LogP contribution in [0.1, 0.15) is 0 Å². The van der Waals surface area contributed by atoms with Crippen molar-refractivity contribution >= 4 is 0 Å². The molecular weight excluding hydrogens is 320 g/mol. The molecule has 0 radical (unpaired) electrons. The van der Waals surface area contributed by atoms with Crippen LogP contribution in [0.15, 0.2) is 0 Å². The zero-order chi connectivity index (χ0) is 17.3. The molecule has 11 heteroatoms. The molecule has 0 aromatic rings. The molecule has 2 rings (SSSR count). The normalized spacial score (nSPS) is 51.7. The van der Waals surface area contributed by atoms with Crippen molar-refractivity contribution in [3.63, 3.8) is 0 Å². The third-order valence-corrected chi connectivity index (χ3v) is 3.98. The smallest absolute Gasteiger partial charge is 0.187 e. The maximum atomic E-state index is 10.00. The molecule has 8 N–H and O–H groups in total. The maximum Gasteiger partial charge on any atom is 0.187 e. The van der Waals surface area contributed by atoms with E-state index in [0.717, 1.165) is 0 Å². The monoisotopic (exact) mass is 342 g/mol. The highest BCUT2D eigenvalue weighted by Gasteiger charge is 2.50. The first-order valence-corrected chi connectivity index (χ1v) is 7.08. The van der Waals surface area contributed by atoms with E-state index in [1.807, 2.05) is 0 Å². The van der Waals surface area contributed by atoms with Gasteiger partial charge in [0.2, 0.25) is 0 Å². The Bertz CT molecular complexity index is 380. The van der Waals surface area contributed by atoms with Gasteiger partial charge in [-0.1, -0.05) is 0 Å². The Morgan fingerprint density at radius 1 is 0.652 bits per heavy atom. The van der Waals surface area contributed by atoms with Gasteiger partial charge in [0.05, 0.1) is 13.2 Å². The molecule has 0 aliphatic carbocycles. The molecule has 10 atom stereocenters. The van der Waals surface area contributed by atoms with Crippen LogP contribution in [0.25, 0.3) is 0 Å². The minimum atomic E-state index is -1.76. The fourth-order valence-corrected chi connectivity index (χ4v) is 2.56. The van der Waals surface area contributed by atoms with Gasteiger partial charge in [-0.3, -0.25) is 0 Å². The van der Waals surface area contributed by atoms with Gasteiger partial charge < -0.3 is 55.1 Å². The van der Waals surface area contributed by atoms with Crippen molar-refractivity contribution in [2.75, 3.05) is 13.2 Å². The molecule has 2 aliphatic heterocycles. The Balaban J connectivity index is 2.11. The van der Waals surface area contributed by atoms with E-state index in [0.29, 0.717) is 0 Å². The van der Waals surface area contributed by atoms with E-state index < -0.39 is 74.6 Å². The summed E-state index contributed by atoms with van der Waals surface area (Å²) in [6.45, 7) is -1.34. The molecule has 0 aromatic carbocycles. The molecule has 2 heterocycles. The van der Waals surface area contributed by atoms with Gasteiger partial charge in [0.15, 0.2) is 12.6 Å². The van der Waals surface area contributed by atoms with Crippen molar-refractivity contribution in [3.05, 3.63) is 0 Å². The Morgan fingerprint density at radius 2 is 1.22 bits per heavy atom. The second-order valence-electron chi connectivity index (χ2n) is 5.53. The van der Waals surface area contributed by atoms with Crippen LogP contribution in [0.5, 0.6) is 0 Å². The Labute approximate surface area is 130 Å². The molecule has 23 heavy (non-hydrogen) atoms. The molecule has 2 saturated heterocycles. The fraction of sp³-hybridized carbons (Fsp3) is 1.00. The fourth-order valence-electron chi connectivity index (χ4n) is 2.56. The highest BCUT2D eigenvalue weighted by atomic mass is 16.7. The van der Waals surface area contributed by atoms with Gasteiger partial charge in [-0.25, -0.2) is 0 Å². The second-order valence-corrected chi connectivity index (χ2v) is 5.53. The average molecular weight is 342 g/mol. The van der Waals surface area contributed by atoms with Crippen LogP contribution in [0.4, 0.5) is 0 Å². The standard InChI is InChI=1S/C12H22O11/c13-1-3-5(15)7(17)8(18)12(22-3)23-10-6(16)4(2-14)21-11(20)9(10)19/h3-20H,1-2H2/t3-,4-,5+,6+,7?,8-,9-,10+,11?,12-/m1/s1. The van der Waals surface area contributed by atoms with Crippen LogP contribution in [0.3, 0.4) is 0 Å². The van der Waals surface area contributed by atoms with Crippen molar-refractivity contribution in [2.24, 2.45) is 0 Å². The number of ether oxygens (including phenoxy) is 3. The van der Waals surface area contributed by atoms with Gasteiger partial charge in [0, 0.05) is 0 Å². The maximum absolute atomic E-state index is 10.00. The zero-order valence-corrected chi connectivity index (χ0v) is 12.0. The summed E-state index contributed by atoms with van der Waals surface area (Å²) in [6.07, 6.45) is -15.7. The summed E-state index contributed by atoms with van der Waals surface area (Å²) in [4.78, 5) is 0. The van der Waals surface area contributed by atoms with Crippen LogP contribution in [0.2, 0.25) is 0 Å². The van der Waals surface area contributed by atoms with Gasteiger partial charge in [0.25, 0.3) is 0 Å². The summed E-state index contributed by atoms with van der Waals surface area (Å²) in [5.74, 6) is 0. The number of aliphatic hydroxyl groups excluding tert-OH is 8. The topological polar surface area (TPSA) is 190 Å². The first-order chi connectivity index (χ1) is 10.8. The molecule has 11 nitrogen and oxygen atoms in total. The lowest BCUT2D eigenvalue weighted by Crippen LogP contribution is -2.64. The second kappa shape index (κ2) is 7.63. The average Bonchev–Trinajstić information content (AvgIpc) is 2.54. The number of aliphatic hydroxyl groups is 8. The molecule has 2 aliphatic rings. The predicted molar refractivity (Wildman–Crippen MR) is 68.6 cm³/mol.